The summed E-state index contributed by atoms with van der Waals surface area (Å²) in [6.07, 6.45) is -0.165. The van der Waals surface area contributed by atoms with Crippen molar-refractivity contribution in [2.45, 2.75) is 6.42 Å². The first-order valence-corrected chi connectivity index (χ1v) is 4.26. The molecule has 82 valence electrons. The van der Waals surface area contributed by atoms with E-state index in [1.807, 2.05) is 0 Å². The van der Waals surface area contributed by atoms with Crippen molar-refractivity contribution in [1.29, 1.82) is 0 Å². The number of nitrogens with zero attached hydrogens (tertiary/aromatic N) is 1. The van der Waals surface area contributed by atoms with Gasteiger partial charge in [0.25, 0.3) is 0 Å². The fraction of sp³-hybridized carbons (Fsp3) is 0.100. The Morgan fingerprint density at radius 1 is 1.56 bits per heavy atom. The molecule has 6 nitrogen and oxygen atoms in total. The molecule has 0 unspecified atom stereocenters. The number of hydrogen-bond acceptors (Lipinski definition) is 4. The van der Waals surface area contributed by atoms with Crippen LogP contribution in [0.1, 0.15) is 12.0 Å². The lowest BCUT2D eigenvalue weighted by Crippen LogP contribution is -2.08. The maximum Gasteiger partial charge on any atom is 0.312 e. The zero-order valence-corrected chi connectivity index (χ0v) is 8.14. The van der Waals surface area contributed by atoms with E-state index in [9.17, 15) is 20.0 Å². The zero-order chi connectivity index (χ0) is 12.1. The second kappa shape index (κ2) is 4.79. The molecule has 0 aliphatic carbocycles. The Labute approximate surface area is 90.8 Å². The highest BCUT2D eigenvalue weighted by Gasteiger charge is 2.14. The fourth-order valence-electron chi connectivity index (χ4n) is 1.01. The van der Waals surface area contributed by atoms with Crippen LogP contribution >= 0.6 is 0 Å². The lowest BCUT2D eigenvalue weighted by molar-refractivity contribution is -0.385. The minimum atomic E-state index is -0.714. The van der Waals surface area contributed by atoms with Crippen molar-refractivity contribution in [3.63, 3.8) is 0 Å². The predicted octanol–water partition coefficient (Wildman–Crippen LogP) is 0.527. The smallest absolute Gasteiger partial charge is 0.312 e. The fourth-order valence-corrected chi connectivity index (χ4v) is 1.01. The molecule has 1 aromatic carbocycles. The van der Waals surface area contributed by atoms with Crippen LogP contribution in [0.3, 0.4) is 0 Å². The zero-order valence-electron chi connectivity index (χ0n) is 8.14. The van der Waals surface area contributed by atoms with Crippen LogP contribution in [0.15, 0.2) is 18.2 Å². The van der Waals surface area contributed by atoms with Crippen molar-refractivity contribution in [2.24, 2.45) is 5.73 Å². The molecule has 0 spiro atoms. The molecule has 0 aromatic heterocycles. The van der Waals surface area contributed by atoms with Crippen molar-refractivity contribution in [3.05, 3.63) is 33.9 Å². The van der Waals surface area contributed by atoms with Gasteiger partial charge in [0.15, 0.2) is 0 Å². The molecular weight excluding hydrogens is 212 g/mol. The van der Waals surface area contributed by atoms with Gasteiger partial charge in [0.05, 0.1) is 16.9 Å². The molecule has 0 atom stereocenters. The van der Waals surface area contributed by atoms with Crippen molar-refractivity contribution in [3.8, 4) is 17.6 Å². The second-order valence-electron chi connectivity index (χ2n) is 2.88. The van der Waals surface area contributed by atoms with Crippen LogP contribution < -0.4 is 5.73 Å². The van der Waals surface area contributed by atoms with Gasteiger partial charge in [-0.15, -0.1) is 0 Å². The first-order valence-electron chi connectivity index (χ1n) is 4.26. The Morgan fingerprint density at radius 3 is 2.81 bits per heavy atom. The number of benzene rings is 1. The van der Waals surface area contributed by atoms with E-state index in [4.69, 9.17) is 5.73 Å². The summed E-state index contributed by atoms with van der Waals surface area (Å²) in [4.78, 5) is 20.2. The second-order valence-corrected chi connectivity index (χ2v) is 2.88. The first-order chi connectivity index (χ1) is 7.52. The van der Waals surface area contributed by atoms with Crippen LogP contribution in [0.4, 0.5) is 5.69 Å². The number of hydrogen-bond donors (Lipinski definition) is 2. The number of para-hydroxylation sites is 1. The Balaban J connectivity index is 3.05. The average molecular weight is 220 g/mol. The molecule has 1 aromatic rings. The van der Waals surface area contributed by atoms with Crippen molar-refractivity contribution in [2.75, 3.05) is 0 Å². The third kappa shape index (κ3) is 2.72. The minimum Gasteiger partial charge on any atom is -0.501 e. The monoisotopic (exact) mass is 220 g/mol. The summed E-state index contributed by atoms with van der Waals surface area (Å²) in [5.74, 6) is 3.73. The number of carbonyl (C=O) groups is 1. The number of amides is 1. The van der Waals surface area contributed by atoms with Gasteiger partial charge in [0, 0.05) is 6.07 Å². The maximum absolute atomic E-state index is 10.5. The van der Waals surface area contributed by atoms with E-state index in [1.165, 1.54) is 12.1 Å². The molecule has 0 aliphatic rings. The summed E-state index contributed by atoms with van der Waals surface area (Å²) in [5, 5.41) is 19.9. The molecule has 0 fully saturated rings. The summed E-state index contributed by atoms with van der Waals surface area (Å²) >= 11 is 0. The molecule has 0 radical (unpaired) electrons. The van der Waals surface area contributed by atoms with E-state index >= 15 is 0 Å². The van der Waals surface area contributed by atoms with Crippen molar-refractivity contribution < 1.29 is 14.8 Å². The highest BCUT2D eigenvalue weighted by molar-refractivity contribution is 5.76. The molecule has 0 aliphatic heterocycles. The number of primary amides is 1. The van der Waals surface area contributed by atoms with E-state index < -0.39 is 22.3 Å². The van der Waals surface area contributed by atoms with E-state index in [0.29, 0.717) is 0 Å². The number of carbonyl (C=O) groups excluding carboxylic acids is 1. The van der Waals surface area contributed by atoms with E-state index in [-0.39, 0.29) is 12.0 Å². The summed E-state index contributed by atoms with van der Waals surface area (Å²) in [5.41, 5.74) is 4.53. The van der Waals surface area contributed by atoms with Crippen LogP contribution in [-0.2, 0) is 4.79 Å². The van der Waals surface area contributed by atoms with Gasteiger partial charge in [0.1, 0.15) is 0 Å². The molecule has 1 rings (SSSR count). The minimum absolute atomic E-state index is 0.0930. The molecule has 1 amide bonds. The van der Waals surface area contributed by atoms with Crippen LogP contribution in [0, 0.1) is 22.0 Å². The molecule has 3 N–H and O–H groups in total. The summed E-state index contributed by atoms with van der Waals surface area (Å²) < 4.78 is 0. The first kappa shape index (κ1) is 11.5. The highest BCUT2D eigenvalue weighted by Crippen LogP contribution is 2.28. The highest BCUT2D eigenvalue weighted by atomic mass is 16.6. The maximum atomic E-state index is 10.5. The van der Waals surface area contributed by atoms with Crippen LogP contribution in [0.5, 0.6) is 5.75 Å². The van der Waals surface area contributed by atoms with E-state index in [0.717, 1.165) is 6.07 Å². The lowest BCUT2D eigenvalue weighted by Gasteiger charge is -1.97. The summed E-state index contributed by atoms with van der Waals surface area (Å²) in [6.45, 7) is 0. The Hall–Kier alpha value is -2.55. The Morgan fingerprint density at radius 2 is 2.25 bits per heavy atom. The quantitative estimate of drug-likeness (QED) is 0.430. The van der Waals surface area contributed by atoms with Gasteiger partial charge in [-0.3, -0.25) is 14.9 Å². The molecule has 0 heterocycles. The normalized spacial score (nSPS) is 9.00. The third-order valence-electron chi connectivity index (χ3n) is 1.70. The Bertz CT molecular complexity index is 499. The predicted molar refractivity (Wildman–Crippen MR) is 55.5 cm³/mol. The number of rotatable bonds is 2. The molecule has 6 heteroatoms. The number of phenolic OH excluding ortho intramolecular Hbond substituents is 1. The third-order valence-corrected chi connectivity index (χ3v) is 1.70. The molecule has 0 saturated heterocycles. The molecular formula is C10H8N2O4. The number of phenols is 1. The van der Waals surface area contributed by atoms with Gasteiger partial charge in [-0.05, 0) is 6.07 Å². The van der Waals surface area contributed by atoms with Gasteiger partial charge in [0.2, 0.25) is 11.7 Å². The van der Waals surface area contributed by atoms with Gasteiger partial charge in [-0.1, -0.05) is 17.9 Å². The van der Waals surface area contributed by atoms with Gasteiger partial charge in [-0.25, -0.2) is 0 Å². The lowest BCUT2D eigenvalue weighted by atomic mass is 10.1. The summed E-state index contributed by atoms with van der Waals surface area (Å²) in [7, 11) is 0. The molecule has 0 saturated carbocycles. The number of nitro benzene ring substituents is 1. The topological polar surface area (TPSA) is 106 Å². The largest absolute Gasteiger partial charge is 0.501 e. The average Bonchev–Trinajstić information content (AvgIpc) is 2.19. The number of nitrogens with two attached hydrogens (primary N) is 1. The number of aromatic hydroxyl groups is 1. The molecule has 0 bridgehead atoms. The van der Waals surface area contributed by atoms with Crippen LogP contribution in [-0.4, -0.2) is 15.9 Å². The van der Waals surface area contributed by atoms with Crippen LogP contribution in [0.25, 0.3) is 0 Å². The Kier molecular flexibility index (Phi) is 3.45. The van der Waals surface area contributed by atoms with Crippen LogP contribution in [0.2, 0.25) is 0 Å². The van der Waals surface area contributed by atoms with Gasteiger partial charge < -0.3 is 10.8 Å². The van der Waals surface area contributed by atoms with Crippen molar-refractivity contribution >= 4 is 11.6 Å². The van der Waals surface area contributed by atoms with E-state index in [1.54, 1.807) is 0 Å². The van der Waals surface area contributed by atoms with Crippen molar-refractivity contribution in [1.82, 2.24) is 0 Å². The van der Waals surface area contributed by atoms with Gasteiger partial charge >= 0.3 is 5.69 Å². The summed E-state index contributed by atoms with van der Waals surface area (Å²) in [6, 6.07) is 3.97. The van der Waals surface area contributed by atoms with E-state index in [2.05, 4.69) is 11.8 Å². The standard InChI is InChI=1S/C10H8N2O4/c11-9(13)6-2-4-7-3-1-5-8(10(7)14)12(15)16/h1,3,5,14H,6H2,(H2,11,13). The molecule has 16 heavy (non-hydrogen) atoms. The number of nitro groups is 1. The van der Waals surface area contributed by atoms with Gasteiger partial charge in [-0.2, -0.15) is 0 Å². The SMILES string of the molecule is NC(=O)CC#Cc1cccc([N+](=O)[O-])c1O.